The van der Waals surface area contributed by atoms with Gasteiger partial charge in [-0.2, -0.15) is 5.10 Å². The number of phenols is 1. The summed E-state index contributed by atoms with van der Waals surface area (Å²) < 4.78 is 0. The van der Waals surface area contributed by atoms with Crippen molar-refractivity contribution in [1.29, 1.82) is 0 Å². The third kappa shape index (κ3) is 3.79. The Morgan fingerprint density at radius 1 is 1.00 bits per heavy atom. The van der Waals surface area contributed by atoms with Crippen LogP contribution in [0.1, 0.15) is 34.2 Å². The second kappa shape index (κ2) is 7.55. The largest absolute Gasteiger partial charge is 0.508 e. The summed E-state index contributed by atoms with van der Waals surface area (Å²) in [5.74, 6) is -0.0450. The van der Waals surface area contributed by atoms with Crippen molar-refractivity contribution in [2.45, 2.75) is 25.7 Å². The molecule has 0 heterocycles. The van der Waals surface area contributed by atoms with Crippen molar-refractivity contribution < 1.29 is 9.90 Å². The van der Waals surface area contributed by atoms with Gasteiger partial charge in [0.2, 0.25) is 5.91 Å². The fourth-order valence-corrected chi connectivity index (χ4v) is 4.04. The summed E-state index contributed by atoms with van der Waals surface area (Å²) in [4.78, 5) is 12.9. The first kappa shape index (κ1) is 18.9. The van der Waals surface area contributed by atoms with Gasteiger partial charge in [0.25, 0.3) is 0 Å². The number of aromatic hydroxyl groups is 1. The molecule has 0 saturated heterocycles. The highest BCUT2D eigenvalue weighted by molar-refractivity contribution is 5.87. The first-order valence-electron chi connectivity index (χ1n) is 9.75. The summed E-state index contributed by atoms with van der Waals surface area (Å²) in [5.41, 5.74) is 7.91. The van der Waals surface area contributed by atoms with Gasteiger partial charge in [-0.25, -0.2) is 5.43 Å². The predicted molar refractivity (Wildman–Crippen MR) is 115 cm³/mol. The Balaban J connectivity index is 1.58. The quantitative estimate of drug-likeness (QED) is 0.504. The second-order valence-corrected chi connectivity index (χ2v) is 7.79. The third-order valence-electron chi connectivity index (χ3n) is 5.63. The maximum Gasteiger partial charge on any atom is 0.244 e. The molecule has 0 radical (unpaired) electrons. The number of hydrogen-bond acceptors (Lipinski definition) is 3. The van der Waals surface area contributed by atoms with E-state index in [1.807, 2.05) is 0 Å². The van der Waals surface area contributed by atoms with Crippen LogP contribution in [0.15, 0.2) is 77.9 Å². The Bertz CT molecular complexity index is 1020. The fourth-order valence-electron chi connectivity index (χ4n) is 4.04. The van der Waals surface area contributed by atoms with E-state index in [9.17, 15) is 9.90 Å². The van der Waals surface area contributed by atoms with Crippen molar-refractivity contribution in [1.82, 2.24) is 5.43 Å². The zero-order valence-corrected chi connectivity index (χ0v) is 16.6. The smallest absolute Gasteiger partial charge is 0.244 e. The summed E-state index contributed by atoms with van der Waals surface area (Å²) in [7, 11) is 0. The number of hydrazone groups is 1. The van der Waals surface area contributed by atoms with Crippen molar-refractivity contribution in [3.63, 3.8) is 0 Å². The summed E-state index contributed by atoms with van der Waals surface area (Å²) in [5, 5.41) is 13.5. The van der Waals surface area contributed by atoms with Crippen molar-refractivity contribution >= 4 is 12.1 Å². The highest BCUT2D eigenvalue weighted by Gasteiger charge is 2.60. The molecule has 1 amide bonds. The average molecular weight is 384 g/mol. The molecule has 4 nitrogen and oxygen atoms in total. The van der Waals surface area contributed by atoms with Crippen LogP contribution in [0.4, 0.5) is 0 Å². The van der Waals surface area contributed by atoms with Crippen molar-refractivity contribution in [2.24, 2.45) is 11.0 Å². The molecule has 1 unspecified atom stereocenters. The highest BCUT2D eigenvalue weighted by atomic mass is 16.3. The van der Waals surface area contributed by atoms with E-state index in [0.717, 1.165) is 12.0 Å². The first-order valence-corrected chi connectivity index (χ1v) is 9.75. The molecule has 0 aromatic heterocycles. The van der Waals surface area contributed by atoms with Gasteiger partial charge >= 0.3 is 0 Å². The molecule has 1 saturated carbocycles. The lowest BCUT2D eigenvalue weighted by molar-refractivity contribution is -0.122. The van der Waals surface area contributed by atoms with Crippen LogP contribution in [0.2, 0.25) is 0 Å². The third-order valence-corrected chi connectivity index (χ3v) is 5.63. The molecule has 2 N–H and O–H groups in total. The molecule has 3 aromatic carbocycles. The van der Waals surface area contributed by atoms with E-state index in [-0.39, 0.29) is 23.0 Å². The Morgan fingerprint density at radius 3 is 2.14 bits per heavy atom. The molecule has 1 fully saturated rings. The summed E-state index contributed by atoms with van der Waals surface area (Å²) >= 11 is 0. The van der Waals surface area contributed by atoms with E-state index in [0.29, 0.717) is 0 Å². The predicted octanol–water partition coefficient (Wildman–Crippen LogP) is 4.47. The van der Waals surface area contributed by atoms with Gasteiger partial charge in [0.1, 0.15) is 5.75 Å². The lowest BCUT2D eigenvalue weighted by Gasteiger charge is -2.19. The molecule has 1 aliphatic rings. The zero-order chi connectivity index (χ0) is 20.4. The van der Waals surface area contributed by atoms with Crippen LogP contribution in [0.25, 0.3) is 0 Å². The molecule has 146 valence electrons. The maximum absolute atomic E-state index is 12.9. The molecule has 0 bridgehead atoms. The van der Waals surface area contributed by atoms with E-state index >= 15 is 0 Å². The van der Waals surface area contributed by atoms with Gasteiger partial charge in [-0.05, 0) is 61.2 Å². The minimum Gasteiger partial charge on any atom is -0.508 e. The lowest BCUT2D eigenvalue weighted by Crippen LogP contribution is -2.25. The van der Waals surface area contributed by atoms with Gasteiger partial charge in [0.05, 0.1) is 12.1 Å². The number of carbonyl (C=O) groups is 1. The average Bonchev–Trinajstić information content (AvgIpc) is 3.47. The number of rotatable bonds is 5. The van der Waals surface area contributed by atoms with E-state index in [1.54, 1.807) is 30.5 Å². The molecular weight excluding hydrogens is 360 g/mol. The minimum atomic E-state index is -0.309. The van der Waals surface area contributed by atoms with Crippen LogP contribution in [-0.2, 0) is 10.2 Å². The van der Waals surface area contributed by atoms with Gasteiger partial charge in [-0.1, -0.05) is 59.7 Å². The van der Waals surface area contributed by atoms with Crippen LogP contribution in [0.3, 0.4) is 0 Å². The molecule has 29 heavy (non-hydrogen) atoms. The number of nitrogens with zero attached hydrogens (tertiary/aromatic N) is 1. The van der Waals surface area contributed by atoms with Crippen molar-refractivity contribution in [3.05, 3.63) is 101 Å². The summed E-state index contributed by atoms with van der Waals surface area (Å²) in [6, 6.07) is 23.5. The molecule has 4 rings (SSSR count). The second-order valence-electron chi connectivity index (χ2n) is 7.79. The number of aryl methyl sites for hydroxylation is 2. The number of phenolic OH excluding ortho intramolecular Hbond substituents is 1. The van der Waals surface area contributed by atoms with E-state index in [2.05, 4.69) is 72.9 Å². The van der Waals surface area contributed by atoms with E-state index in [4.69, 9.17) is 0 Å². The van der Waals surface area contributed by atoms with Gasteiger partial charge < -0.3 is 5.11 Å². The maximum atomic E-state index is 12.9. The van der Waals surface area contributed by atoms with E-state index < -0.39 is 0 Å². The van der Waals surface area contributed by atoms with Gasteiger partial charge in [0, 0.05) is 5.41 Å². The molecule has 4 heteroatoms. The van der Waals surface area contributed by atoms with Crippen LogP contribution in [0, 0.1) is 19.8 Å². The van der Waals surface area contributed by atoms with Crippen LogP contribution < -0.4 is 5.43 Å². The standard InChI is InChI=1S/C25H24N2O2/c1-17-5-3-7-20(13-17)25(21-8-4-6-18(2)14-21)15-23(25)24(29)27-26-16-19-9-11-22(28)12-10-19/h3-14,16,23,28H,15H2,1-2H3,(H,27,29). The molecular formula is C25H24N2O2. The molecule has 1 aliphatic carbocycles. The van der Waals surface area contributed by atoms with Crippen LogP contribution >= 0.6 is 0 Å². The number of amides is 1. The Morgan fingerprint density at radius 2 is 1.59 bits per heavy atom. The van der Waals surface area contributed by atoms with Crippen LogP contribution in [0.5, 0.6) is 5.75 Å². The number of nitrogens with one attached hydrogen (secondary N) is 1. The first-order chi connectivity index (χ1) is 14.0. The zero-order valence-electron chi connectivity index (χ0n) is 16.6. The topological polar surface area (TPSA) is 61.7 Å². The number of hydrogen-bond donors (Lipinski definition) is 2. The molecule has 1 atom stereocenters. The monoisotopic (exact) mass is 384 g/mol. The number of carbonyl (C=O) groups excluding carboxylic acids is 1. The minimum absolute atomic E-state index is 0.0805. The fraction of sp³-hybridized carbons (Fsp3) is 0.200. The summed E-state index contributed by atoms with van der Waals surface area (Å²) in [6.07, 6.45) is 2.35. The number of benzene rings is 3. The van der Waals surface area contributed by atoms with Crippen LogP contribution in [-0.4, -0.2) is 17.2 Å². The highest BCUT2D eigenvalue weighted by Crippen LogP contribution is 2.59. The SMILES string of the molecule is Cc1cccc(C2(c3cccc(C)c3)CC2C(=O)NN=Cc2ccc(O)cc2)c1. The van der Waals surface area contributed by atoms with Gasteiger partial charge in [-0.3, -0.25) is 4.79 Å². The molecule has 3 aromatic rings. The normalized spacial score (nSPS) is 17.2. The molecule has 0 spiro atoms. The van der Waals surface area contributed by atoms with E-state index in [1.165, 1.54) is 22.3 Å². The van der Waals surface area contributed by atoms with Crippen molar-refractivity contribution in [3.8, 4) is 5.75 Å². The van der Waals surface area contributed by atoms with Gasteiger partial charge in [0.15, 0.2) is 0 Å². The lowest BCUT2D eigenvalue weighted by atomic mass is 9.84. The Kier molecular flexibility index (Phi) is 4.93. The molecule has 0 aliphatic heterocycles. The Hall–Kier alpha value is -3.40. The summed E-state index contributed by atoms with van der Waals surface area (Å²) in [6.45, 7) is 4.15. The van der Waals surface area contributed by atoms with Gasteiger partial charge in [-0.15, -0.1) is 0 Å². The van der Waals surface area contributed by atoms with Crippen molar-refractivity contribution in [2.75, 3.05) is 0 Å². The Labute approximate surface area is 170 Å².